The molecule has 1 heterocycles. The van der Waals surface area contributed by atoms with E-state index in [0.717, 1.165) is 12.8 Å². The number of hydrogen-bond acceptors (Lipinski definition) is 5. The van der Waals surface area contributed by atoms with Gasteiger partial charge in [-0.25, -0.2) is 4.79 Å². The summed E-state index contributed by atoms with van der Waals surface area (Å²) in [6.45, 7) is 2.26. The van der Waals surface area contributed by atoms with Gasteiger partial charge in [0.1, 0.15) is 6.61 Å². The van der Waals surface area contributed by atoms with Crippen LogP contribution in [-0.4, -0.2) is 29.6 Å². The normalized spacial score (nSPS) is 22.2. The molecular weight excluding hydrogens is 214 g/mol. The summed E-state index contributed by atoms with van der Waals surface area (Å²) in [5.74, 6) is -1.00. The highest BCUT2D eigenvalue weighted by Crippen LogP contribution is 2.45. The molecule has 0 N–H and O–H groups in total. The predicted octanol–water partition coefficient (Wildman–Crippen LogP) is 1.00. The third kappa shape index (κ3) is 2.32. The third-order valence-corrected chi connectivity index (χ3v) is 2.81. The summed E-state index contributed by atoms with van der Waals surface area (Å²) in [5, 5.41) is 0.484. The number of amides is 2. The highest BCUT2D eigenvalue weighted by molar-refractivity contribution is 6.01. The Balaban J connectivity index is 1.78. The van der Waals surface area contributed by atoms with E-state index in [4.69, 9.17) is 4.74 Å². The maximum Gasteiger partial charge on any atom is 0.533 e. The van der Waals surface area contributed by atoms with Crippen LogP contribution in [0.4, 0.5) is 4.79 Å². The van der Waals surface area contributed by atoms with E-state index in [2.05, 4.69) is 4.84 Å². The van der Waals surface area contributed by atoms with E-state index in [-0.39, 0.29) is 24.9 Å². The van der Waals surface area contributed by atoms with Gasteiger partial charge >= 0.3 is 6.16 Å². The lowest BCUT2D eigenvalue weighted by molar-refractivity contribution is -0.177. The maximum absolute atomic E-state index is 11.2. The molecular formula is C10H13NO5. The SMILES string of the molecule is CC1(COC(=O)ON2C(=O)CCC2=O)CC1. The zero-order chi connectivity index (χ0) is 11.8. The Kier molecular flexibility index (Phi) is 2.57. The van der Waals surface area contributed by atoms with Crippen LogP contribution in [0.2, 0.25) is 0 Å². The summed E-state index contributed by atoms with van der Waals surface area (Å²) in [7, 11) is 0. The van der Waals surface area contributed by atoms with Gasteiger partial charge in [0, 0.05) is 18.3 Å². The predicted molar refractivity (Wildman–Crippen MR) is 50.9 cm³/mol. The molecule has 2 amide bonds. The van der Waals surface area contributed by atoms with Crippen LogP contribution in [0, 0.1) is 5.41 Å². The highest BCUT2D eigenvalue weighted by atomic mass is 16.8. The first-order chi connectivity index (χ1) is 7.50. The second-order valence-corrected chi connectivity index (χ2v) is 4.52. The summed E-state index contributed by atoms with van der Waals surface area (Å²) in [6.07, 6.45) is 1.22. The molecule has 0 aromatic carbocycles. The fourth-order valence-corrected chi connectivity index (χ4v) is 1.35. The topological polar surface area (TPSA) is 72.9 Å². The molecule has 1 saturated heterocycles. The van der Waals surface area contributed by atoms with E-state index < -0.39 is 18.0 Å². The fraction of sp³-hybridized carbons (Fsp3) is 0.700. The average molecular weight is 227 g/mol. The number of rotatable bonds is 3. The van der Waals surface area contributed by atoms with E-state index >= 15 is 0 Å². The lowest BCUT2D eigenvalue weighted by Crippen LogP contribution is -2.32. The molecule has 88 valence electrons. The van der Waals surface area contributed by atoms with Gasteiger partial charge in [-0.2, -0.15) is 0 Å². The van der Waals surface area contributed by atoms with Crippen molar-refractivity contribution < 1.29 is 24.0 Å². The molecule has 2 rings (SSSR count). The van der Waals surface area contributed by atoms with Gasteiger partial charge in [-0.15, -0.1) is 0 Å². The first-order valence-electron chi connectivity index (χ1n) is 5.21. The molecule has 2 fully saturated rings. The van der Waals surface area contributed by atoms with E-state index in [1.807, 2.05) is 6.92 Å². The smallest absolute Gasteiger partial charge is 0.432 e. The molecule has 16 heavy (non-hydrogen) atoms. The number of hydrogen-bond donors (Lipinski definition) is 0. The number of imide groups is 1. The van der Waals surface area contributed by atoms with Crippen LogP contribution >= 0.6 is 0 Å². The number of nitrogens with zero attached hydrogens (tertiary/aromatic N) is 1. The summed E-state index contributed by atoms with van der Waals surface area (Å²) in [5.41, 5.74) is 0.0536. The Morgan fingerprint density at radius 2 is 1.88 bits per heavy atom. The minimum Gasteiger partial charge on any atom is -0.432 e. The minimum absolute atomic E-state index is 0.0536. The Hall–Kier alpha value is -1.59. The monoisotopic (exact) mass is 227 g/mol. The Bertz CT molecular complexity index is 331. The zero-order valence-corrected chi connectivity index (χ0v) is 9.02. The summed E-state index contributed by atoms with van der Waals surface area (Å²) >= 11 is 0. The van der Waals surface area contributed by atoms with Gasteiger partial charge in [0.25, 0.3) is 11.8 Å². The van der Waals surface area contributed by atoms with Crippen molar-refractivity contribution in [2.45, 2.75) is 32.6 Å². The van der Waals surface area contributed by atoms with Crippen LogP contribution in [0.1, 0.15) is 32.6 Å². The minimum atomic E-state index is -0.989. The van der Waals surface area contributed by atoms with E-state index in [1.165, 1.54) is 0 Å². The third-order valence-electron chi connectivity index (χ3n) is 2.81. The van der Waals surface area contributed by atoms with Crippen molar-refractivity contribution in [1.29, 1.82) is 0 Å². The van der Waals surface area contributed by atoms with Crippen molar-refractivity contribution in [3.05, 3.63) is 0 Å². The first-order valence-corrected chi connectivity index (χ1v) is 5.21. The van der Waals surface area contributed by atoms with Crippen molar-refractivity contribution in [3.63, 3.8) is 0 Å². The van der Waals surface area contributed by atoms with Crippen LogP contribution in [0.3, 0.4) is 0 Å². The lowest BCUT2D eigenvalue weighted by Gasteiger charge is -2.13. The molecule has 1 aliphatic heterocycles. The van der Waals surface area contributed by atoms with E-state index in [9.17, 15) is 14.4 Å². The maximum atomic E-state index is 11.2. The summed E-state index contributed by atoms with van der Waals surface area (Å²) in [6, 6.07) is 0. The quantitative estimate of drug-likeness (QED) is 0.531. The number of carbonyl (C=O) groups is 3. The van der Waals surface area contributed by atoms with Gasteiger partial charge in [-0.3, -0.25) is 14.4 Å². The van der Waals surface area contributed by atoms with Gasteiger partial charge in [0.2, 0.25) is 0 Å². The molecule has 1 saturated carbocycles. The van der Waals surface area contributed by atoms with Gasteiger partial charge in [0.15, 0.2) is 0 Å². The van der Waals surface area contributed by atoms with Crippen LogP contribution in [-0.2, 0) is 19.2 Å². The van der Waals surface area contributed by atoms with Gasteiger partial charge < -0.3 is 4.74 Å². The molecule has 0 atom stereocenters. The second-order valence-electron chi connectivity index (χ2n) is 4.52. The van der Waals surface area contributed by atoms with Crippen LogP contribution in [0.15, 0.2) is 0 Å². The second kappa shape index (κ2) is 3.77. The standard InChI is InChI=1S/C10H13NO5/c1-10(4-5-10)6-15-9(14)16-11-7(12)2-3-8(11)13/h2-6H2,1H3. The molecule has 0 aromatic rings. The van der Waals surface area contributed by atoms with Gasteiger partial charge in [0.05, 0.1) is 0 Å². The van der Waals surface area contributed by atoms with Gasteiger partial charge in [-0.05, 0) is 12.8 Å². The molecule has 6 nitrogen and oxygen atoms in total. The van der Waals surface area contributed by atoms with Crippen LogP contribution in [0.25, 0.3) is 0 Å². The van der Waals surface area contributed by atoms with Crippen LogP contribution in [0.5, 0.6) is 0 Å². The Labute approximate surface area is 92.4 Å². The van der Waals surface area contributed by atoms with Gasteiger partial charge in [-0.1, -0.05) is 12.0 Å². The van der Waals surface area contributed by atoms with E-state index in [1.54, 1.807) is 0 Å². The fourth-order valence-electron chi connectivity index (χ4n) is 1.35. The van der Waals surface area contributed by atoms with Crippen molar-refractivity contribution in [2.24, 2.45) is 5.41 Å². The largest absolute Gasteiger partial charge is 0.533 e. The molecule has 0 unspecified atom stereocenters. The number of hydroxylamine groups is 2. The Morgan fingerprint density at radius 1 is 1.31 bits per heavy atom. The van der Waals surface area contributed by atoms with Crippen molar-refractivity contribution in [1.82, 2.24) is 5.06 Å². The van der Waals surface area contributed by atoms with Crippen molar-refractivity contribution in [2.75, 3.05) is 6.61 Å². The zero-order valence-electron chi connectivity index (χ0n) is 9.02. The highest BCUT2D eigenvalue weighted by Gasteiger charge is 2.39. The lowest BCUT2D eigenvalue weighted by atomic mass is 10.2. The van der Waals surface area contributed by atoms with Crippen molar-refractivity contribution in [3.8, 4) is 0 Å². The number of ether oxygens (including phenoxy) is 1. The molecule has 0 radical (unpaired) electrons. The molecule has 0 spiro atoms. The first kappa shape index (κ1) is 10.9. The number of carbonyl (C=O) groups excluding carboxylic acids is 3. The molecule has 6 heteroatoms. The van der Waals surface area contributed by atoms with Crippen molar-refractivity contribution >= 4 is 18.0 Å². The van der Waals surface area contributed by atoms with E-state index in [0.29, 0.717) is 5.06 Å². The molecule has 1 aliphatic carbocycles. The molecule has 2 aliphatic rings. The Morgan fingerprint density at radius 3 is 2.38 bits per heavy atom. The summed E-state index contributed by atoms with van der Waals surface area (Å²) in [4.78, 5) is 37.9. The molecule has 0 aromatic heterocycles. The van der Waals surface area contributed by atoms with Crippen LogP contribution < -0.4 is 0 Å². The molecule has 0 bridgehead atoms. The summed E-state index contributed by atoms with van der Waals surface area (Å²) < 4.78 is 4.82. The average Bonchev–Trinajstić information content (AvgIpc) is 2.90.